The van der Waals surface area contributed by atoms with E-state index in [1.165, 1.54) is 0 Å². The summed E-state index contributed by atoms with van der Waals surface area (Å²) in [5, 5.41) is 8.28. The smallest absolute Gasteiger partial charge is 0.248 e. The van der Waals surface area contributed by atoms with Crippen molar-refractivity contribution >= 4 is 5.91 Å². The predicted molar refractivity (Wildman–Crippen MR) is 39.6 cm³/mol. The Kier molecular flexibility index (Phi) is 4.94. The lowest BCUT2D eigenvalue weighted by Gasteiger charge is -2.29. The molecular formula is C7H15NO2. The number of likely N-dealkylation sites (tertiary alicyclic amines) is 1. The maximum atomic E-state index is 10.5. The van der Waals surface area contributed by atoms with Crippen LogP contribution in [-0.4, -0.2) is 35.6 Å². The van der Waals surface area contributed by atoms with Crippen molar-refractivity contribution < 1.29 is 9.90 Å². The Labute approximate surface area is 61.6 Å². The van der Waals surface area contributed by atoms with Crippen LogP contribution in [0.3, 0.4) is 0 Å². The topological polar surface area (TPSA) is 40.5 Å². The first-order valence-electron chi connectivity index (χ1n) is 3.73. The average molecular weight is 145 g/mol. The Hall–Kier alpha value is -0.570. The highest BCUT2D eigenvalue weighted by atomic mass is 16.3. The lowest BCUT2D eigenvalue weighted by molar-refractivity contribution is -0.137. The summed E-state index contributed by atoms with van der Waals surface area (Å²) in [6.45, 7) is 5.33. The molecule has 3 nitrogen and oxygen atoms in total. The summed E-state index contributed by atoms with van der Waals surface area (Å²) >= 11 is 0. The summed E-state index contributed by atoms with van der Waals surface area (Å²) in [5.74, 6) is -0.142. The third kappa shape index (κ3) is 2.35. The fourth-order valence-electron chi connectivity index (χ4n) is 0.666. The first-order valence-corrected chi connectivity index (χ1v) is 3.73. The largest absolute Gasteiger partial charge is 0.387 e. The summed E-state index contributed by atoms with van der Waals surface area (Å²) in [7, 11) is 0. The van der Waals surface area contributed by atoms with Crippen LogP contribution in [0, 0.1) is 0 Å². The fraction of sp³-hybridized carbons (Fsp3) is 0.857. The molecule has 1 N–H and O–H groups in total. The van der Waals surface area contributed by atoms with Crippen LogP contribution in [0.5, 0.6) is 0 Å². The number of rotatable bonds is 1. The van der Waals surface area contributed by atoms with Crippen LogP contribution in [0.4, 0.5) is 0 Å². The molecule has 1 heterocycles. The lowest BCUT2D eigenvalue weighted by atomic mass is 10.2. The summed E-state index contributed by atoms with van der Waals surface area (Å²) in [6.07, 6.45) is 1.09. The molecule has 0 saturated carbocycles. The molecule has 1 fully saturated rings. The fourth-order valence-corrected chi connectivity index (χ4v) is 0.666. The molecule has 0 unspecified atom stereocenters. The molecular weight excluding hydrogens is 130 g/mol. The summed E-state index contributed by atoms with van der Waals surface area (Å²) in [6, 6.07) is 0. The van der Waals surface area contributed by atoms with Crippen molar-refractivity contribution in [3.8, 4) is 0 Å². The minimum atomic E-state index is -0.333. The van der Waals surface area contributed by atoms with Crippen LogP contribution in [-0.2, 0) is 4.79 Å². The van der Waals surface area contributed by atoms with Gasteiger partial charge in [-0.05, 0) is 6.42 Å². The van der Waals surface area contributed by atoms with Gasteiger partial charge in [-0.15, -0.1) is 0 Å². The van der Waals surface area contributed by atoms with E-state index in [0.29, 0.717) is 0 Å². The highest BCUT2D eigenvalue weighted by Crippen LogP contribution is 2.04. The number of hydrogen-bond donors (Lipinski definition) is 1. The second-order valence-electron chi connectivity index (χ2n) is 1.89. The van der Waals surface area contributed by atoms with E-state index in [4.69, 9.17) is 5.11 Å². The van der Waals surface area contributed by atoms with Crippen LogP contribution in [0.15, 0.2) is 0 Å². The molecule has 0 spiro atoms. The van der Waals surface area contributed by atoms with Crippen molar-refractivity contribution in [1.82, 2.24) is 4.90 Å². The molecule has 1 aliphatic heterocycles. The molecule has 0 aliphatic carbocycles. The van der Waals surface area contributed by atoms with Gasteiger partial charge in [0.05, 0.1) is 0 Å². The standard InChI is InChI=1S/C5H9NO2.C2H6/c7-4-5(8)6-2-1-3-6;1-2/h7H,1-4H2;1-2H3. The molecule has 0 aromatic rings. The molecule has 0 bridgehead atoms. The third-order valence-corrected chi connectivity index (χ3v) is 1.34. The number of nitrogens with zero attached hydrogens (tertiary/aromatic N) is 1. The van der Waals surface area contributed by atoms with Gasteiger partial charge in [-0.3, -0.25) is 4.79 Å². The molecule has 60 valence electrons. The maximum absolute atomic E-state index is 10.5. The SMILES string of the molecule is CC.O=C(CO)N1CCC1. The third-order valence-electron chi connectivity index (χ3n) is 1.34. The second-order valence-corrected chi connectivity index (χ2v) is 1.89. The minimum absolute atomic E-state index is 0.142. The first kappa shape index (κ1) is 9.43. The van der Waals surface area contributed by atoms with E-state index in [9.17, 15) is 4.79 Å². The van der Waals surface area contributed by atoms with Gasteiger partial charge in [0.1, 0.15) is 6.61 Å². The van der Waals surface area contributed by atoms with Crippen LogP contribution in [0.25, 0.3) is 0 Å². The van der Waals surface area contributed by atoms with Crippen molar-refractivity contribution in [1.29, 1.82) is 0 Å². The van der Waals surface area contributed by atoms with E-state index < -0.39 is 0 Å². The van der Waals surface area contributed by atoms with Gasteiger partial charge in [-0.25, -0.2) is 0 Å². The molecule has 1 saturated heterocycles. The number of carbonyl (C=O) groups is 1. The molecule has 1 amide bonds. The number of hydrogen-bond acceptors (Lipinski definition) is 2. The summed E-state index contributed by atoms with van der Waals surface area (Å²) in [4.78, 5) is 12.1. The van der Waals surface area contributed by atoms with Crippen molar-refractivity contribution in [3.05, 3.63) is 0 Å². The average Bonchev–Trinajstić information content (AvgIpc) is 1.89. The number of carbonyl (C=O) groups excluding carboxylic acids is 1. The predicted octanol–water partition coefficient (Wildman–Crippen LogP) is 0.237. The normalized spacial score (nSPS) is 14.9. The minimum Gasteiger partial charge on any atom is -0.387 e. The lowest BCUT2D eigenvalue weighted by Crippen LogP contribution is -2.43. The van der Waals surface area contributed by atoms with E-state index in [2.05, 4.69) is 0 Å². The quantitative estimate of drug-likeness (QED) is 0.574. The molecule has 0 atom stereocenters. The second kappa shape index (κ2) is 5.23. The zero-order valence-corrected chi connectivity index (χ0v) is 6.63. The Morgan fingerprint density at radius 2 is 2.00 bits per heavy atom. The van der Waals surface area contributed by atoms with E-state index in [1.54, 1.807) is 4.90 Å². The van der Waals surface area contributed by atoms with Gasteiger partial charge in [0.25, 0.3) is 0 Å². The zero-order chi connectivity index (χ0) is 7.98. The Morgan fingerprint density at radius 1 is 1.50 bits per heavy atom. The van der Waals surface area contributed by atoms with Crippen LogP contribution in [0.2, 0.25) is 0 Å². The van der Waals surface area contributed by atoms with E-state index in [1.807, 2.05) is 13.8 Å². The molecule has 1 rings (SSSR count). The van der Waals surface area contributed by atoms with Crippen molar-refractivity contribution in [2.45, 2.75) is 20.3 Å². The van der Waals surface area contributed by atoms with Gasteiger partial charge in [0, 0.05) is 13.1 Å². The highest BCUT2D eigenvalue weighted by Gasteiger charge is 2.18. The van der Waals surface area contributed by atoms with E-state index in [-0.39, 0.29) is 12.5 Å². The van der Waals surface area contributed by atoms with Crippen molar-refractivity contribution in [2.24, 2.45) is 0 Å². The van der Waals surface area contributed by atoms with Gasteiger partial charge < -0.3 is 10.0 Å². The maximum Gasteiger partial charge on any atom is 0.248 e. The van der Waals surface area contributed by atoms with Gasteiger partial charge >= 0.3 is 0 Å². The number of amides is 1. The van der Waals surface area contributed by atoms with E-state index >= 15 is 0 Å². The van der Waals surface area contributed by atoms with Gasteiger partial charge in [-0.1, -0.05) is 13.8 Å². The van der Waals surface area contributed by atoms with Crippen LogP contribution in [0.1, 0.15) is 20.3 Å². The van der Waals surface area contributed by atoms with Gasteiger partial charge in [0.15, 0.2) is 0 Å². The number of aliphatic hydroxyl groups excluding tert-OH is 1. The van der Waals surface area contributed by atoms with Crippen molar-refractivity contribution in [3.63, 3.8) is 0 Å². The highest BCUT2D eigenvalue weighted by molar-refractivity contribution is 5.77. The molecule has 10 heavy (non-hydrogen) atoms. The number of aliphatic hydroxyl groups is 1. The zero-order valence-electron chi connectivity index (χ0n) is 6.63. The van der Waals surface area contributed by atoms with Gasteiger partial charge in [0.2, 0.25) is 5.91 Å². The van der Waals surface area contributed by atoms with E-state index in [0.717, 1.165) is 19.5 Å². The monoisotopic (exact) mass is 145 g/mol. The molecule has 0 aromatic heterocycles. The van der Waals surface area contributed by atoms with Crippen LogP contribution >= 0.6 is 0 Å². The van der Waals surface area contributed by atoms with Crippen molar-refractivity contribution in [2.75, 3.05) is 19.7 Å². The first-order chi connectivity index (χ1) is 4.84. The van der Waals surface area contributed by atoms with Gasteiger partial charge in [-0.2, -0.15) is 0 Å². The molecule has 3 heteroatoms. The Morgan fingerprint density at radius 3 is 2.10 bits per heavy atom. The summed E-state index contributed by atoms with van der Waals surface area (Å²) in [5.41, 5.74) is 0. The molecule has 0 aromatic carbocycles. The Balaban J connectivity index is 0.000000371. The summed E-state index contributed by atoms with van der Waals surface area (Å²) < 4.78 is 0. The molecule has 1 aliphatic rings. The molecule has 0 radical (unpaired) electrons. The Bertz CT molecular complexity index is 99.8. The van der Waals surface area contributed by atoms with Crippen LogP contribution < -0.4 is 0 Å².